The summed E-state index contributed by atoms with van der Waals surface area (Å²) in [5.41, 5.74) is 8.37. The topological polar surface area (TPSA) is 78.8 Å². The van der Waals surface area contributed by atoms with E-state index in [4.69, 9.17) is 4.98 Å². The van der Waals surface area contributed by atoms with E-state index in [0.717, 1.165) is 39.0 Å². The second-order valence-corrected chi connectivity index (χ2v) is 6.72. The van der Waals surface area contributed by atoms with Crippen LogP contribution in [-0.4, -0.2) is 26.4 Å². The van der Waals surface area contributed by atoms with E-state index < -0.39 is 0 Å². The van der Waals surface area contributed by atoms with E-state index in [1.54, 1.807) is 6.21 Å². The van der Waals surface area contributed by atoms with Crippen LogP contribution in [0, 0.1) is 0 Å². The number of hydrogen-bond acceptors (Lipinski definition) is 5. The van der Waals surface area contributed by atoms with E-state index in [1.165, 1.54) is 0 Å². The van der Waals surface area contributed by atoms with Gasteiger partial charge in [-0.2, -0.15) is 5.10 Å². The fourth-order valence-corrected chi connectivity index (χ4v) is 3.32. The molecule has 0 bridgehead atoms. The highest BCUT2D eigenvalue weighted by atomic mass is 15.4. The van der Waals surface area contributed by atoms with Gasteiger partial charge in [-0.3, -0.25) is 0 Å². The summed E-state index contributed by atoms with van der Waals surface area (Å²) < 4.78 is 0. The molecule has 2 heterocycles. The molecule has 2 aromatic heterocycles. The number of aromatic nitrogens is 4. The Morgan fingerprint density at radius 3 is 2.17 bits per heavy atom. The summed E-state index contributed by atoms with van der Waals surface area (Å²) in [5.74, 6) is 0.338. The number of hydrogen-bond donors (Lipinski definition) is 2. The number of aromatic amines is 1. The van der Waals surface area contributed by atoms with Gasteiger partial charge in [-0.05, 0) is 6.07 Å². The summed E-state index contributed by atoms with van der Waals surface area (Å²) >= 11 is 0. The predicted octanol–water partition coefficient (Wildman–Crippen LogP) is 5.13. The SMILES string of the molecule is C(=N/Nc1nnc(-c2ccccc2)c(-c2ccccc2)n1)/c1c[nH]c2ccccc12. The van der Waals surface area contributed by atoms with E-state index in [9.17, 15) is 0 Å². The average Bonchev–Trinajstić information content (AvgIpc) is 3.23. The van der Waals surface area contributed by atoms with E-state index in [2.05, 4.69) is 25.7 Å². The quantitative estimate of drug-likeness (QED) is 0.322. The lowest BCUT2D eigenvalue weighted by Crippen LogP contribution is -2.03. The van der Waals surface area contributed by atoms with Gasteiger partial charge < -0.3 is 4.98 Å². The van der Waals surface area contributed by atoms with Gasteiger partial charge in [0.05, 0.1) is 6.21 Å². The number of fused-ring (bicyclic) bond motifs is 1. The first-order valence-electron chi connectivity index (χ1n) is 9.59. The summed E-state index contributed by atoms with van der Waals surface area (Å²) in [5, 5.41) is 14.1. The number of anilines is 1. The summed E-state index contributed by atoms with van der Waals surface area (Å²) in [6.45, 7) is 0. The Hall–Kier alpha value is -4.32. The van der Waals surface area contributed by atoms with E-state index in [0.29, 0.717) is 5.95 Å². The summed E-state index contributed by atoms with van der Waals surface area (Å²) in [6.07, 6.45) is 3.67. The third-order valence-electron chi connectivity index (χ3n) is 4.77. The number of nitrogens with zero attached hydrogens (tertiary/aromatic N) is 4. The molecular weight excluding hydrogens is 372 g/mol. The molecule has 6 nitrogen and oxygen atoms in total. The zero-order valence-corrected chi connectivity index (χ0v) is 16.0. The maximum absolute atomic E-state index is 4.69. The van der Waals surface area contributed by atoms with Crippen LogP contribution in [0.3, 0.4) is 0 Å². The van der Waals surface area contributed by atoms with Crippen molar-refractivity contribution in [3.63, 3.8) is 0 Å². The molecule has 0 aliphatic carbocycles. The molecule has 0 saturated heterocycles. The molecule has 5 rings (SSSR count). The number of rotatable bonds is 5. The molecule has 6 heteroatoms. The van der Waals surface area contributed by atoms with Crippen molar-refractivity contribution < 1.29 is 0 Å². The van der Waals surface area contributed by atoms with Crippen molar-refractivity contribution in [2.24, 2.45) is 5.10 Å². The Balaban J connectivity index is 1.47. The predicted molar refractivity (Wildman–Crippen MR) is 120 cm³/mol. The van der Waals surface area contributed by atoms with E-state index >= 15 is 0 Å². The number of para-hydroxylation sites is 1. The standard InChI is InChI=1S/C24H18N6/c1-3-9-17(10-4-1)22-23(18-11-5-2-6-12-18)28-30-24(27-22)29-26-16-19-15-25-21-14-8-7-13-20(19)21/h1-16,25H,(H,27,29,30)/b26-16-. The average molecular weight is 390 g/mol. The lowest BCUT2D eigenvalue weighted by atomic mass is 10.0. The van der Waals surface area contributed by atoms with Gasteiger partial charge in [-0.1, -0.05) is 78.9 Å². The molecule has 2 N–H and O–H groups in total. The van der Waals surface area contributed by atoms with Crippen molar-refractivity contribution in [2.75, 3.05) is 5.43 Å². The molecule has 0 aliphatic heterocycles. The molecule has 0 radical (unpaired) electrons. The Morgan fingerprint density at radius 2 is 1.40 bits per heavy atom. The molecule has 144 valence electrons. The van der Waals surface area contributed by atoms with Crippen LogP contribution in [0.1, 0.15) is 5.56 Å². The summed E-state index contributed by atoms with van der Waals surface area (Å²) in [4.78, 5) is 7.92. The first-order chi connectivity index (χ1) is 14.9. The van der Waals surface area contributed by atoms with Crippen LogP contribution in [-0.2, 0) is 0 Å². The Kier molecular flexibility index (Phi) is 4.72. The van der Waals surface area contributed by atoms with Crippen molar-refractivity contribution in [2.45, 2.75) is 0 Å². The molecule has 0 unspecified atom stereocenters. The largest absolute Gasteiger partial charge is 0.361 e. The second-order valence-electron chi connectivity index (χ2n) is 6.72. The number of H-pyrrole nitrogens is 1. The molecule has 3 aromatic carbocycles. The van der Waals surface area contributed by atoms with Crippen LogP contribution in [0.15, 0.2) is 96.2 Å². The fraction of sp³-hybridized carbons (Fsp3) is 0. The van der Waals surface area contributed by atoms with Gasteiger partial charge >= 0.3 is 0 Å². The highest BCUT2D eigenvalue weighted by Gasteiger charge is 2.13. The van der Waals surface area contributed by atoms with Crippen molar-refractivity contribution in [3.05, 3.63) is 96.7 Å². The van der Waals surface area contributed by atoms with Crippen LogP contribution in [0.5, 0.6) is 0 Å². The maximum Gasteiger partial charge on any atom is 0.263 e. The van der Waals surface area contributed by atoms with E-state index in [-0.39, 0.29) is 0 Å². The van der Waals surface area contributed by atoms with Gasteiger partial charge in [0.25, 0.3) is 5.95 Å². The molecule has 5 aromatic rings. The van der Waals surface area contributed by atoms with Crippen molar-refractivity contribution in [1.29, 1.82) is 0 Å². The number of benzene rings is 3. The van der Waals surface area contributed by atoms with Crippen molar-refractivity contribution >= 4 is 23.1 Å². The third kappa shape index (κ3) is 3.54. The molecule has 30 heavy (non-hydrogen) atoms. The second kappa shape index (κ2) is 7.97. The first-order valence-corrected chi connectivity index (χ1v) is 9.59. The highest BCUT2D eigenvalue weighted by Crippen LogP contribution is 2.28. The molecule has 0 fully saturated rings. The number of nitrogens with one attached hydrogen (secondary N) is 2. The molecule has 0 atom stereocenters. The van der Waals surface area contributed by atoms with Crippen LogP contribution >= 0.6 is 0 Å². The normalized spacial score (nSPS) is 11.2. The van der Waals surface area contributed by atoms with E-state index in [1.807, 2.05) is 91.1 Å². The monoisotopic (exact) mass is 390 g/mol. The molecule has 0 amide bonds. The van der Waals surface area contributed by atoms with Gasteiger partial charge in [0.15, 0.2) is 0 Å². The minimum absolute atomic E-state index is 0.338. The fourth-order valence-electron chi connectivity index (χ4n) is 3.32. The lowest BCUT2D eigenvalue weighted by molar-refractivity contribution is 0.973. The van der Waals surface area contributed by atoms with Gasteiger partial charge in [0, 0.05) is 33.8 Å². The zero-order valence-electron chi connectivity index (χ0n) is 16.0. The van der Waals surface area contributed by atoms with Gasteiger partial charge in [0.1, 0.15) is 11.4 Å². The van der Waals surface area contributed by atoms with Crippen LogP contribution in [0.25, 0.3) is 33.4 Å². The Morgan fingerprint density at radius 1 is 0.733 bits per heavy atom. The molecule has 0 aliphatic rings. The first kappa shape index (κ1) is 17.8. The molecular formula is C24H18N6. The summed E-state index contributed by atoms with van der Waals surface area (Å²) in [6, 6.07) is 28.0. The Bertz CT molecular complexity index is 1310. The highest BCUT2D eigenvalue weighted by molar-refractivity contribution is 5.99. The van der Waals surface area contributed by atoms with Gasteiger partial charge in [-0.15, -0.1) is 10.2 Å². The van der Waals surface area contributed by atoms with Crippen molar-refractivity contribution in [1.82, 2.24) is 20.2 Å². The van der Waals surface area contributed by atoms with Gasteiger partial charge in [0.2, 0.25) is 0 Å². The van der Waals surface area contributed by atoms with Crippen molar-refractivity contribution in [3.8, 4) is 22.5 Å². The minimum atomic E-state index is 0.338. The number of hydrazone groups is 1. The Labute approximate surface area is 173 Å². The third-order valence-corrected chi connectivity index (χ3v) is 4.77. The lowest BCUT2D eigenvalue weighted by Gasteiger charge is -2.09. The van der Waals surface area contributed by atoms with Crippen LogP contribution in [0.2, 0.25) is 0 Å². The zero-order chi connectivity index (χ0) is 20.2. The summed E-state index contributed by atoms with van der Waals surface area (Å²) in [7, 11) is 0. The molecule has 0 spiro atoms. The maximum atomic E-state index is 4.69. The van der Waals surface area contributed by atoms with Crippen LogP contribution < -0.4 is 5.43 Å². The van der Waals surface area contributed by atoms with Crippen LogP contribution in [0.4, 0.5) is 5.95 Å². The smallest absolute Gasteiger partial charge is 0.263 e. The van der Waals surface area contributed by atoms with Gasteiger partial charge in [-0.25, -0.2) is 10.4 Å². The minimum Gasteiger partial charge on any atom is -0.361 e. The molecule has 0 saturated carbocycles.